The van der Waals surface area contributed by atoms with Crippen molar-refractivity contribution in [3.05, 3.63) is 131 Å². The Morgan fingerprint density at radius 3 is 0.831 bits per heavy atom. The number of benzene rings is 2. The fourth-order valence-corrected chi connectivity index (χ4v) is 8.05. The molecule has 0 aliphatic carbocycles. The number of carbonyl (C=O) groups excluding carboxylic acids is 5. The lowest BCUT2D eigenvalue weighted by molar-refractivity contribution is -0.117. The molecule has 0 bridgehead atoms. The lowest BCUT2D eigenvalue weighted by Crippen LogP contribution is -2.48. The summed E-state index contributed by atoms with van der Waals surface area (Å²) < 4.78 is 599. The number of ketones is 2. The van der Waals surface area contributed by atoms with E-state index in [0.717, 1.165) is 27.8 Å². The number of likely N-dealkylation sites (tertiary alicyclic amines) is 2. The van der Waals surface area contributed by atoms with Crippen molar-refractivity contribution in [2.75, 3.05) is 51.4 Å². The number of aromatic carboxylic acids is 1. The number of carboxylic acid groups (broad SMARTS) is 1. The van der Waals surface area contributed by atoms with Crippen LogP contribution in [-0.2, 0) is 31.9 Å². The topological polar surface area (TPSA) is 298 Å². The summed E-state index contributed by atoms with van der Waals surface area (Å²) in [6, 6.07) is 18.6. The van der Waals surface area contributed by atoms with Crippen LogP contribution in [0.5, 0.6) is 0 Å². The third-order valence-corrected chi connectivity index (χ3v) is 12.6. The van der Waals surface area contributed by atoms with Crippen molar-refractivity contribution >= 4 is 58.3 Å². The summed E-state index contributed by atoms with van der Waals surface area (Å²) in [7, 11) is 2.71. The second kappa shape index (κ2) is 218. The largest absolute Gasteiger partial charge is 0.477 e. The number of pyridine rings is 2. The normalized spacial score (nSPS) is 8.15. The number of nitrogens with zero attached hydrogens (tertiary/aromatic N) is 10. The van der Waals surface area contributed by atoms with Crippen LogP contribution >= 0.6 is 0 Å². The Morgan fingerprint density at radius 2 is 0.595 bits per heavy atom. The molecular weight excluding hydrogens is 2360 g/mol. The molecule has 23 nitrogen and oxygen atoms in total. The number of anilines is 2. The van der Waals surface area contributed by atoms with E-state index in [1.165, 1.54) is 31.0 Å². The van der Waals surface area contributed by atoms with Crippen molar-refractivity contribution in [3.63, 3.8) is 0 Å². The van der Waals surface area contributed by atoms with E-state index in [1.54, 1.807) is 52.6 Å². The summed E-state index contributed by atoms with van der Waals surface area (Å²) >= 11 is 0. The molecule has 8 aromatic rings. The van der Waals surface area contributed by atoms with Crippen LogP contribution in [0, 0.1) is 13.8 Å². The molecule has 2 aromatic carbocycles. The number of nitrogen functional groups attached to an aromatic ring is 1. The minimum Gasteiger partial charge on any atom is -0.477 e. The fraction of sp³-hybridized carbons (Fsp3) is 0.308. The SMILES string of the molecule is CC(=O)CCc1ccn2c(C(=O)O)cnc2c1.COC(=O)N1CC(c2nc(-c3ccc(C)c(N)c3)no2)C1.COC(=O)N1CC(c2nc(-c3ccc(C)c(NC(=O)c4cnc5cc(CCC(C)=O)ccn45)c3)no2)C1.F.FF.FF.FF.FF.FF.FF.FF.FF.FF.FF.FF.FF.FF.FF.FF.FF.FF.FF.FF.FF.FF.FF.FF.FF.FF.FF.FF.FF.FF.FF.FF.FF.FF.FF.FF.FF. The molecule has 3 amide bonds. The molecule has 6 aromatic heterocycles. The van der Waals surface area contributed by atoms with E-state index in [1.807, 2.05) is 62.4 Å². The van der Waals surface area contributed by atoms with E-state index in [0.29, 0.717) is 109 Å². The zero-order valence-electron chi connectivity index (χ0n) is 69.6. The van der Waals surface area contributed by atoms with Gasteiger partial charge in [-0.15, -0.1) is 0 Å². The molecule has 2 aliphatic heterocycles. The second-order valence-corrected chi connectivity index (χ2v) is 18.1. The highest BCUT2D eigenvalue weighted by Gasteiger charge is 2.37. The van der Waals surface area contributed by atoms with Crippen LogP contribution in [0.15, 0.2) is 94.5 Å². The number of ether oxygens (including phenoxy) is 2. The molecule has 4 N–H and O–H groups in total. The number of carbonyl (C=O) groups is 6. The maximum atomic E-state index is 13.1. The smallest absolute Gasteiger partial charge is 0.409 e. The first kappa shape index (κ1) is 219. The summed E-state index contributed by atoms with van der Waals surface area (Å²) in [6.45, 7) is 8.94. The number of hydrogen-bond acceptors (Lipinski definition) is 17. The van der Waals surface area contributed by atoms with Crippen LogP contribution in [0.4, 0.5) is 355 Å². The van der Waals surface area contributed by atoms with E-state index >= 15 is 0 Å². The van der Waals surface area contributed by atoms with Gasteiger partial charge < -0.3 is 54.1 Å². The molecular formula is C52H55F73N12O11. The van der Waals surface area contributed by atoms with Gasteiger partial charge in [0.25, 0.3) is 5.91 Å². The van der Waals surface area contributed by atoms with Gasteiger partial charge in [0.2, 0.25) is 23.4 Å². The van der Waals surface area contributed by atoms with Crippen molar-refractivity contribution in [1.82, 2.24) is 48.9 Å². The highest BCUT2D eigenvalue weighted by atomic mass is 20.1. The highest BCUT2D eigenvalue weighted by Crippen LogP contribution is 2.31. The minimum atomic E-state index is -1.01. The maximum Gasteiger partial charge on any atom is 0.409 e. The third-order valence-electron chi connectivity index (χ3n) is 12.6. The van der Waals surface area contributed by atoms with Crippen LogP contribution < -0.4 is 11.1 Å². The molecule has 8 heterocycles. The van der Waals surface area contributed by atoms with Gasteiger partial charge in [-0.1, -0.05) is 34.6 Å². The van der Waals surface area contributed by atoms with Gasteiger partial charge in [-0.3, -0.25) is 18.3 Å². The second-order valence-electron chi connectivity index (χ2n) is 18.1. The van der Waals surface area contributed by atoms with E-state index < -0.39 is 5.97 Å². The number of Topliss-reactive ketones (excluding diaryl/α,β-unsaturated/α-hetero) is 2. The summed E-state index contributed by atoms with van der Waals surface area (Å²) in [6.07, 6.45) is 7.84. The standard InChI is InChI=1S/C26H26N6O5.C14H16N4O3.C12H12N2O3.36F2.FH/c1-15-4-7-18(23-29-25(37-30-23)19-13-31(14-19)26(35)36-3)11-20(15)28-24(34)21-12-27-22-10-17(6-5-16(2)33)8-9-32(21)22;1-8-3-4-9(5-11(8)15)12-16-13(21-17-12)10-6-18(7-10)14(19)20-2;1-8(15)2-3-9-4-5-14-10(12(16)17)7-13-11(14)6-9;36*1-2;/h4,7-12,19H,5-6,13-14H2,1-3H3,(H,28,34);3-5,10H,6-7,15H2,1-2H3;4-7H,2-3H2,1H3,(H,16,17);;;;;;;;;;;;;;;;;;;;;;;;;;;;;;;;;;;;;1H. The van der Waals surface area contributed by atoms with Crippen molar-refractivity contribution in [3.8, 4) is 22.8 Å². The van der Waals surface area contributed by atoms with Crippen LogP contribution in [0.3, 0.4) is 0 Å². The van der Waals surface area contributed by atoms with Gasteiger partial charge in [0, 0.05) is 403 Å². The van der Waals surface area contributed by atoms with Crippen molar-refractivity contribution in [2.24, 2.45) is 0 Å². The molecule has 96 heteroatoms. The number of fused-ring (bicyclic) bond motifs is 2. The molecule has 0 radical (unpaired) electrons. The van der Waals surface area contributed by atoms with Crippen molar-refractivity contribution in [1.29, 1.82) is 0 Å². The van der Waals surface area contributed by atoms with Gasteiger partial charge in [0.05, 0.1) is 38.4 Å². The number of hydrogen-bond donors (Lipinski definition) is 3. The quantitative estimate of drug-likeness (QED) is 0.0713. The molecule has 10 rings (SSSR count). The predicted molar refractivity (Wildman–Crippen MR) is 352 cm³/mol. The first-order valence-electron chi connectivity index (χ1n) is 28.9. The molecule has 0 unspecified atom stereocenters. The average Bonchev–Trinajstić information content (AvgIpc) is 1.67. The number of nitrogens with two attached hydrogens (primary N) is 1. The number of aromatic nitrogens is 8. The number of aryl methyl sites for hydroxylation is 4. The molecule has 148 heavy (non-hydrogen) atoms. The first-order valence-corrected chi connectivity index (χ1v) is 28.9. The predicted octanol–water partition coefficient (Wildman–Crippen LogP) is 37.4. The monoisotopic (exact) mass is 2410 g/mol. The van der Waals surface area contributed by atoms with Crippen LogP contribution in [0.25, 0.3) is 34.1 Å². The van der Waals surface area contributed by atoms with E-state index in [2.05, 4.69) is 40.3 Å². The molecule has 0 atom stereocenters. The maximum absolute atomic E-state index is 13.1. The van der Waals surface area contributed by atoms with Crippen LogP contribution in [0.2, 0.25) is 0 Å². The summed E-state index contributed by atoms with van der Waals surface area (Å²) in [5.41, 5.74) is 14.3. The number of amides is 3. The zero-order valence-corrected chi connectivity index (χ0v) is 69.6. The summed E-state index contributed by atoms with van der Waals surface area (Å²) in [5.74, 6) is 0.869. The van der Waals surface area contributed by atoms with E-state index in [-0.39, 0.29) is 51.9 Å². The lowest BCUT2D eigenvalue weighted by atomic mass is 10.0. The lowest BCUT2D eigenvalue weighted by Gasteiger charge is -2.35. The van der Waals surface area contributed by atoms with Gasteiger partial charge in [0.1, 0.15) is 28.6 Å². The molecule has 0 spiro atoms. The first-order chi connectivity index (χ1) is 72.0. The summed E-state index contributed by atoms with van der Waals surface area (Å²) in [5, 5.41) is 19.9. The van der Waals surface area contributed by atoms with Crippen LogP contribution in [-0.4, -0.2) is 130 Å². The highest BCUT2D eigenvalue weighted by molar-refractivity contribution is 6.04. The molecule has 900 valence electrons. The summed E-state index contributed by atoms with van der Waals surface area (Å²) in [4.78, 5) is 89.4. The van der Waals surface area contributed by atoms with Crippen molar-refractivity contribution < 1.29 is 386 Å². The van der Waals surface area contributed by atoms with Gasteiger partial charge in [0.15, 0.2) is 5.69 Å². The molecule has 0 saturated carbocycles. The van der Waals surface area contributed by atoms with Crippen molar-refractivity contribution in [2.45, 2.75) is 65.2 Å². The number of rotatable bonds is 13. The number of imidazole rings is 2. The van der Waals surface area contributed by atoms with Gasteiger partial charge in [-0.25, -0.2) is 24.4 Å². The zero-order chi connectivity index (χ0) is 126. The molecule has 2 saturated heterocycles. The molecule has 2 fully saturated rings. The Morgan fingerprint density at radius 1 is 0.358 bits per heavy atom. The van der Waals surface area contributed by atoms with Crippen LogP contribution in [0.1, 0.15) is 93.5 Å². The minimum absolute atomic E-state index is 0. The van der Waals surface area contributed by atoms with Gasteiger partial charge >= 0.3 is 18.2 Å². The Hall–Kier alpha value is -14.4. The van der Waals surface area contributed by atoms with Gasteiger partial charge in [-0.2, -0.15) is 9.97 Å². The number of carboxylic acids is 1. The van der Waals surface area contributed by atoms with E-state index in [4.69, 9.17) is 354 Å². The van der Waals surface area contributed by atoms with Gasteiger partial charge in [-0.05, 0) is 99.2 Å². The van der Waals surface area contributed by atoms with E-state index in [9.17, 15) is 28.8 Å². The Kier molecular flexibility index (Phi) is 323. The number of methoxy groups -OCH3 is 2. The Bertz CT molecular complexity index is 3580. The molecule has 2 aliphatic rings. The third kappa shape index (κ3) is 115. The Balaban J connectivity index is -0.0000000394. The average molecular weight is 2410 g/mol. The fourth-order valence-electron chi connectivity index (χ4n) is 8.05. The number of nitrogens with one attached hydrogen (secondary N) is 1. The number of halogens is 73. The Labute approximate surface area is 764 Å².